The minimum absolute atomic E-state index is 0.0368. The lowest BCUT2D eigenvalue weighted by Crippen LogP contribution is -2.08. The van der Waals surface area contributed by atoms with Crippen molar-refractivity contribution < 1.29 is 46.2 Å². The molecule has 2 aromatic heterocycles. The number of phenolic OH excluding ortho intramolecular Hbond substituents is 2. The van der Waals surface area contributed by atoms with E-state index in [1.165, 1.54) is 48.5 Å². The number of carbonyl (C=O) groups excluding carboxylic acids is 2. The van der Waals surface area contributed by atoms with Crippen molar-refractivity contribution in [2.45, 2.75) is 0 Å². The van der Waals surface area contributed by atoms with E-state index in [1.54, 1.807) is 48.5 Å². The molecular formula is C52H28F4O8. The first-order valence-corrected chi connectivity index (χ1v) is 19.4. The molecule has 0 radical (unpaired) electrons. The van der Waals surface area contributed by atoms with E-state index < -0.39 is 45.7 Å². The lowest BCUT2D eigenvalue weighted by molar-refractivity contribution is 0.102. The third kappa shape index (κ3) is 7.53. The fraction of sp³-hybridized carbons (Fsp3) is 0. The molecule has 12 heteroatoms. The first-order valence-electron chi connectivity index (χ1n) is 19.4. The summed E-state index contributed by atoms with van der Waals surface area (Å²) >= 11 is 0. The number of phenols is 2. The van der Waals surface area contributed by atoms with Gasteiger partial charge in [-0.1, -0.05) is 60.7 Å². The van der Waals surface area contributed by atoms with Crippen molar-refractivity contribution in [3.8, 4) is 33.8 Å². The van der Waals surface area contributed by atoms with E-state index in [0.717, 1.165) is 48.5 Å². The van der Waals surface area contributed by atoms with Gasteiger partial charge in [-0.25, -0.2) is 17.6 Å². The molecule has 0 bridgehead atoms. The molecule has 10 rings (SSSR count). The molecule has 0 aliphatic heterocycles. The predicted molar refractivity (Wildman–Crippen MR) is 234 cm³/mol. The van der Waals surface area contributed by atoms with Crippen LogP contribution in [0, 0.1) is 23.3 Å². The Hall–Kier alpha value is -8.64. The van der Waals surface area contributed by atoms with Crippen LogP contribution in [0.25, 0.3) is 66.1 Å². The molecule has 0 fully saturated rings. The van der Waals surface area contributed by atoms with E-state index in [-0.39, 0.29) is 77.6 Å². The Morgan fingerprint density at radius 3 is 1.16 bits per heavy atom. The Morgan fingerprint density at radius 1 is 0.406 bits per heavy atom. The van der Waals surface area contributed by atoms with E-state index in [0.29, 0.717) is 22.3 Å². The lowest BCUT2D eigenvalue weighted by Gasteiger charge is -2.11. The number of carbonyl (C=O) groups is 2. The second-order valence-corrected chi connectivity index (χ2v) is 14.7. The molecule has 8 aromatic carbocycles. The summed E-state index contributed by atoms with van der Waals surface area (Å²) in [6.07, 6.45) is 0. The van der Waals surface area contributed by atoms with Gasteiger partial charge in [0, 0.05) is 22.3 Å². The maximum Gasteiger partial charge on any atom is 0.200 e. The van der Waals surface area contributed by atoms with Gasteiger partial charge in [0.15, 0.2) is 11.6 Å². The highest BCUT2D eigenvalue weighted by molar-refractivity contribution is 6.15. The van der Waals surface area contributed by atoms with Gasteiger partial charge in [-0.05, 0) is 108 Å². The van der Waals surface area contributed by atoms with Crippen LogP contribution in [0.2, 0.25) is 0 Å². The Bertz CT molecular complexity index is 3420. The fourth-order valence-electron chi connectivity index (χ4n) is 7.48. The number of fused-ring (bicyclic) bond motifs is 4. The van der Waals surface area contributed by atoms with Crippen LogP contribution < -0.4 is 10.9 Å². The molecule has 0 spiro atoms. The van der Waals surface area contributed by atoms with Crippen LogP contribution in [-0.2, 0) is 0 Å². The third-order valence-corrected chi connectivity index (χ3v) is 10.6. The largest absolute Gasteiger partial charge is 0.507 e. The van der Waals surface area contributed by atoms with E-state index in [4.69, 9.17) is 8.83 Å². The van der Waals surface area contributed by atoms with Crippen LogP contribution >= 0.6 is 0 Å². The summed E-state index contributed by atoms with van der Waals surface area (Å²) in [7, 11) is 0. The molecule has 8 nitrogen and oxygen atoms in total. The number of rotatable bonds is 6. The molecule has 312 valence electrons. The monoisotopic (exact) mass is 856 g/mol. The van der Waals surface area contributed by atoms with Crippen molar-refractivity contribution in [3.63, 3.8) is 0 Å². The molecule has 2 N–H and O–H groups in total. The average Bonchev–Trinajstić information content (AvgIpc) is 3.31. The van der Waals surface area contributed by atoms with Gasteiger partial charge in [0.2, 0.25) is 10.9 Å². The Balaban J connectivity index is 0.000000162. The maximum absolute atomic E-state index is 13.8. The van der Waals surface area contributed by atoms with Crippen LogP contribution in [-0.4, -0.2) is 21.8 Å². The van der Waals surface area contributed by atoms with Crippen molar-refractivity contribution in [1.82, 2.24) is 0 Å². The quantitative estimate of drug-likeness (QED) is 0.0959. The van der Waals surface area contributed by atoms with Gasteiger partial charge in [0.25, 0.3) is 0 Å². The maximum atomic E-state index is 13.8. The van der Waals surface area contributed by atoms with Gasteiger partial charge in [0.1, 0.15) is 57.1 Å². The summed E-state index contributed by atoms with van der Waals surface area (Å²) in [5.41, 5.74) is 1.81. The van der Waals surface area contributed by atoms with Crippen molar-refractivity contribution in [2.75, 3.05) is 0 Å². The standard InChI is InChI=1S/2C26H14F2O4/c2*27-16-6-8-22(29)19(12-16)24(30)15-10-18(14-4-2-1-3-5-14)26-21(11-15)25(31)20-13-17(28)7-9-23(20)32-26/h2*1-13,29H. The van der Waals surface area contributed by atoms with Gasteiger partial charge in [-0.15, -0.1) is 0 Å². The summed E-state index contributed by atoms with van der Waals surface area (Å²) < 4.78 is 66.9. The molecule has 2 heterocycles. The zero-order valence-corrected chi connectivity index (χ0v) is 32.9. The zero-order chi connectivity index (χ0) is 44.8. The van der Waals surface area contributed by atoms with E-state index >= 15 is 0 Å². The summed E-state index contributed by atoms with van der Waals surface area (Å²) in [5, 5.41) is 20.4. The highest BCUT2D eigenvalue weighted by Crippen LogP contribution is 2.35. The van der Waals surface area contributed by atoms with Crippen LogP contribution in [0.5, 0.6) is 11.5 Å². The molecule has 0 unspecified atom stereocenters. The summed E-state index contributed by atoms with van der Waals surface area (Å²) in [4.78, 5) is 52.7. The summed E-state index contributed by atoms with van der Waals surface area (Å²) in [5.74, 6) is -4.66. The topological polar surface area (TPSA) is 135 Å². The molecule has 0 saturated heterocycles. The van der Waals surface area contributed by atoms with Crippen LogP contribution in [0.1, 0.15) is 31.8 Å². The van der Waals surface area contributed by atoms with Crippen molar-refractivity contribution in [3.05, 3.63) is 224 Å². The van der Waals surface area contributed by atoms with Crippen LogP contribution in [0.15, 0.2) is 176 Å². The van der Waals surface area contributed by atoms with Gasteiger partial charge < -0.3 is 19.0 Å². The first-order chi connectivity index (χ1) is 30.8. The minimum atomic E-state index is -0.684. The summed E-state index contributed by atoms with van der Waals surface area (Å²) in [6, 6.07) is 37.1. The SMILES string of the molecule is O=C(c1cc(-c2ccccc2)c2oc3ccc(F)cc3c(=O)c2c1)c1cc(F)ccc1O.O=C(c1cc(-c2ccccc2)c2oc3ccc(F)cc3c(=O)c2c1)c1cc(F)ccc1O. The molecule has 0 amide bonds. The smallest absolute Gasteiger partial charge is 0.200 e. The van der Waals surface area contributed by atoms with Crippen molar-refractivity contribution in [1.29, 1.82) is 0 Å². The number of ketones is 2. The van der Waals surface area contributed by atoms with Gasteiger partial charge >= 0.3 is 0 Å². The normalized spacial score (nSPS) is 11.2. The minimum Gasteiger partial charge on any atom is -0.507 e. The van der Waals surface area contributed by atoms with E-state index in [1.807, 2.05) is 12.1 Å². The van der Waals surface area contributed by atoms with E-state index in [9.17, 15) is 47.0 Å². The highest BCUT2D eigenvalue weighted by atomic mass is 19.1. The Labute approximate surface area is 358 Å². The van der Waals surface area contributed by atoms with Gasteiger partial charge in [-0.2, -0.15) is 0 Å². The number of hydrogen-bond donors (Lipinski definition) is 2. The highest BCUT2D eigenvalue weighted by Gasteiger charge is 2.23. The molecule has 0 saturated carbocycles. The number of halogens is 4. The molecular weight excluding hydrogens is 829 g/mol. The molecule has 0 aliphatic rings. The van der Waals surface area contributed by atoms with Gasteiger partial charge in [-0.3, -0.25) is 19.2 Å². The summed E-state index contributed by atoms with van der Waals surface area (Å²) in [6.45, 7) is 0. The van der Waals surface area contributed by atoms with Crippen molar-refractivity contribution in [2.24, 2.45) is 0 Å². The molecule has 64 heavy (non-hydrogen) atoms. The third-order valence-electron chi connectivity index (χ3n) is 10.6. The second-order valence-electron chi connectivity index (χ2n) is 14.7. The fourth-order valence-corrected chi connectivity index (χ4v) is 7.48. The molecule has 0 aliphatic carbocycles. The Kier molecular flexibility index (Phi) is 10.4. The first kappa shape index (κ1) is 40.7. The lowest BCUT2D eigenvalue weighted by atomic mass is 9.94. The van der Waals surface area contributed by atoms with Crippen LogP contribution in [0.4, 0.5) is 17.6 Å². The second kappa shape index (κ2) is 16.3. The number of hydrogen-bond acceptors (Lipinski definition) is 8. The number of aromatic hydroxyl groups is 2. The predicted octanol–water partition coefficient (Wildman–Crippen LogP) is 11.7. The average molecular weight is 857 g/mol. The van der Waals surface area contributed by atoms with Gasteiger partial charge in [0.05, 0.1) is 32.7 Å². The number of benzene rings is 8. The zero-order valence-electron chi connectivity index (χ0n) is 32.9. The Morgan fingerprint density at radius 2 is 0.766 bits per heavy atom. The van der Waals surface area contributed by atoms with Crippen LogP contribution in [0.3, 0.4) is 0 Å². The van der Waals surface area contributed by atoms with Crippen molar-refractivity contribution >= 4 is 55.4 Å². The van der Waals surface area contributed by atoms with E-state index in [2.05, 4.69) is 0 Å². The molecule has 0 atom stereocenters. The molecule has 10 aromatic rings.